The molecule has 1 aromatic carbocycles. The first-order valence-corrected chi connectivity index (χ1v) is 11.2. The Hall–Kier alpha value is -3.33. The van der Waals surface area contributed by atoms with Gasteiger partial charge in [0.25, 0.3) is 0 Å². The Labute approximate surface area is 187 Å². The molecule has 0 radical (unpaired) electrons. The second-order valence-electron chi connectivity index (χ2n) is 8.46. The van der Waals surface area contributed by atoms with Gasteiger partial charge in [0, 0.05) is 45.8 Å². The molecule has 0 saturated carbocycles. The van der Waals surface area contributed by atoms with Crippen LogP contribution < -0.4 is 4.90 Å². The number of piperazine rings is 1. The van der Waals surface area contributed by atoms with Crippen LogP contribution in [-0.4, -0.2) is 79.9 Å². The van der Waals surface area contributed by atoms with Crippen molar-refractivity contribution < 1.29 is 4.79 Å². The summed E-state index contributed by atoms with van der Waals surface area (Å²) in [5.74, 6) is 1.73. The number of hydrogen-bond donors (Lipinski definition) is 0. The molecule has 1 amide bonds. The highest BCUT2D eigenvalue weighted by Gasteiger charge is 2.31. The average molecular weight is 433 g/mol. The van der Waals surface area contributed by atoms with Gasteiger partial charge in [-0.05, 0) is 30.5 Å². The number of benzene rings is 1. The van der Waals surface area contributed by atoms with Crippen LogP contribution in [0.15, 0.2) is 55.1 Å². The molecule has 1 unspecified atom stereocenters. The third kappa shape index (κ3) is 4.62. The minimum atomic E-state index is 0.0150. The Morgan fingerprint density at radius 3 is 2.44 bits per heavy atom. The van der Waals surface area contributed by atoms with Crippen LogP contribution in [0, 0.1) is 5.92 Å². The summed E-state index contributed by atoms with van der Waals surface area (Å²) in [6.07, 6.45) is 4.98. The van der Waals surface area contributed by atoms with Gasteiger partial charge in [-0.2, -0.15) is 5.10 Å². The van der Waals surface area contributed by atoms with Crippen LogP contribution in [0.2, 0.25) is 0 Å². The zero-order valence-corrected chi connectivity index (χ0v) is 18.1. The topological polar surface area (TPSA) is 83.3 Å². The van der Waals surface area contributed by atoms with E-state index in [-0.39, 0.29) is 11.8 Å². The molecule has 3 aromatic rings. The Balaban J connectivity index is 1.15. The summed E-state index contributed by atoms with van der Waals surface area (Å²) in [5, 5.41) is 12.7. The lowest BCUT2D eigenvalue weighted by Gasteiger charge is -2.39. The second kappa shape index (κ2) is 9.44. The molecule has 5 rings (SSSR count). The van der Waals surface area contributed by atoms with Crippen molar-refractivity contribution >= 4 is 11.7 Å². The van der Waals surface area contributed by atoms with E-state index in [1.165, 1.54) is 11.9 Å². The van der Waals surface area contributed by atoms with Gasteiger partial charge in [0.15, 0.2) is 11.6 Å². The van der Waals surface area contributed by atoms with Gasteiger partial charge in [0.1, 0.15) is 12.7 Å². The minimum Gasteiger partial charge on any atom is -0.354 e. The van der Waals surface area contributed by atoms with Gasteiger partial charge >= 0.3 is 0 Å². The van der Waals surface area contributed by atoms with E-state index in [0.29, 0.717) is 12.4 Å². The van der Waals surface area contributed by atoms with Gasteiger partial charge in [-0.15, -0.1) is 10.2 Å². The zero-order valence-electron chi connectivity index (χ0n) is 18.1. The van der Waals surface area contributed by atoms with Gasteiger partial charge in [-0.1, -0.05) is 30.3 Å². The molecule has 0 bridgehead atoms. The minimum absolute atomic E-state index is 0.0150. The SMILES string of the molecule is O=C(C1CCCN(c2ccc(-n3cncn3)nn2)C1)N1CCN(Cc2ccccc2)CC1. The number of carbonyl (C=O) groups is 1. The molecule has 2 saturated heterocycles. The van der Waals surface area contributed by atoms with E-state index in [1.54, 1.807) is 11.0 Å². The van der Waals surface area contributed by atoms with Crippen LogP contribution in [0.25, 0.3) is 5.82 Å². The number of carbonyl (C=O) groups excluding carboxylic acids is 1. The molecule has 4 heterocycles. The van der Waals surface area contributed by atoms with Gasteiger partial charge in [-0.25, -0.2) is 9.67 Å². The van der Waals surface area contributed by atoms with Gasteiger partial charge < -0.3 is 9.80 Å². The Kier molecular flexibility index (Phi) is 6.06. The number of hydrogen-bond acceptors (Lipinski definition) is 7. The molecule has 32 heavy (non-hydrogen) atoms. The molecular weight excluding hydrogens is 404 g/mol. The summed E-state index contributed by atoms with van der Waals surface area (Å²) < 4.78 is 1.58. The van der Waals surface area contributed by atoms with Crippen molar-refractivity contribution in [2.45, 2.75) is 19.4 Å². The van der Waals surface area contributed by atoms with E-state index in [4.69, 9.17) is 0 Å². The summed E-state index contributed by atoms with van der Waals surface area (Å²) in [7, 11) is 0. The summed E-state index contributed by atoms with van der Waals surface area (Å²) in [6.45, 7) is 5.98. The number of piperidine rings is 1. The van der Waals surface area contributed by atoms with Crippen LogP contribution in [0.1, 0.15) is 18.4 Å². The molecule has 1 atom stereocenters. The quantitative estimate of drug-likeness (QED) is 0.606. The molecular formula is C23H28N8O. The first-order valence-electron chi connectivity index (χ1n) is 11.2. The Morgan fingerprint density at radius 1 is 0.938 bits per heavy atom. The van der Waals surface area contributed by atoms with Gasteiger partial charge in [-0.3, -0.25) is 9.69 Å². The van der Waals surface area contributed by atoms with Crippen molar-refractivity contribution in [3.8, 4) is 5.82 Å². The predicted molar refractivity (Wildman–Crippen MR) is 120 cm³/mol. The highest BCUT2D eigenvalue weighted by molar-refractivity contribution is 5.80. The number of amides is 1. The maximum absolute atomic E-state index is 13.2. The molecule has 0 aliphatic carbocycles. The maximum Gasteiger partial charge on any atom is 0.227 e. The van der Waals surface area contributed by atoms with Crippen LogP contribution in [0.4, 0.5) is 5.82 Å². The fourth-order valence-corrected chi connectivity index (χ4v) is 4.55. The third-order valence-corrected chi connectivity index (χ3v) is 6.32. The van der Waals surface area contributed by atoms with E-state index in [9.17, 15) is 4.79 Å². The normalized spacial score (nSPS) is 19.8. The summed E-state index contributed by atoms with van der Waals surface area (Å²) in [4.78, 5) is 23.8. The molecule has 0 spiro atoms. The number of anilines is 1. The van der Waals surface area contributed by atoms with Crippen molar-refractivity contribution in [1.29, 1.82) is 0 Å². The van der Waals surface area contributed by atoms with E-state index < -0.39 is 0 Å². The lowest BCUT2D eigenvalue weighted by molar-refractivity contribution is -0.137. The third-order valence-electron chi connectivity index (χ3n) is 6.32. The first-order chi connectivity index (χ1) is 15.8. The van der Waals surface area contributed by atoms with Crippen molar-refractivity contribution in [1.82, 2.24) is 34.8 Å². The number of rotatable bonds is 5. The fraction of sp³-hybridized carbons (Fsp3) is 0.435. The average Bonchev–Trinajstić information content (AvgIpc) is 3.40. The second-order valence-corrected chi connectivity index (χ2v) is 8.46. The molecule has 2 aliphatic rings. The number of nitrogens with zero attached hydrogens (tertiary/aromatic N) is 8. The smallest absolute Gasteiger partial charge is 0.227 e. The van der Waals surface area contributed by atoms with E-state index in [0.717, 1.165) is 57.9 Å². The predicted octanol–water partition coefficient (Wildman–Crippen LogP) is 1.62. The van der Waals surface area contributed by atoms with Crippen molar-refractivity contribution in [2.24, 2.45) is 5.92 Å². The Morgan fingerprint density at radius 2 is 1.72 bits per heavy atom. The van der Waals surface area contributed by atoms with Crippen LogP contribution in [-0.2, 0) is 11.3 Å². The molecule has 166 valence electrons. The lowest BCUT2D eigenvalue weighted by Crippen LogP contribution is -2.52. The van der Waals surface area contributed by atoms with Gasteiger partial charge in [0.05, 0.1) is 5.92 Å². The largest absolute Gasteiger partial charge is 0.354 e. The fourth-order valence-electron chi connectivity index (χ4n) is 4.55. The summed E-state index contributed by atoms with van der Waals surface area (Å²) in [6, 6.07) is 14.4. The lowest BCUT2D eigenvalue weighted by atomic mass is 9.96. The van der Waals surface area contributed by atoms with Crippen molar-refractivity contribution in [3.05, 3.63) is 60.7 Å². The van der Waals surface area contributed by atoms with Crippen LogP contribution >= 0.6 is 0 Å². The Bertz CT molecular complexity index is 1000. The molecule has 0 N–H and O–H groups in total. The molecule has 9 heteroatoms. The van der Waals surface area contributed by atoms with Crippen LogP contribution in [0.3, 0.4) is 0 Å². The van der Waals surface area contributed by atoms with E-state index in [1.807, 2.05) is 18.2 Å². The van der Waals surface area contributed by atoms with Crippen molar-refractivity contribution in [3.63, 3.8) is 0 Å². The molecule has 2 aromatic heterocycles. The zero-order chi connectivity index (χ0) is 21.8. The standard InChI is InChI=1S/C23H28N8O/c32-23(29-13-11-28(12-14-29)15-19-5-2-1-3-6-19)20-7-4-10-30(16-20)21-8-9-22(27-26-21)31-18-24-17-25-31/h1-3,5-6,8-9,17-18,20H,4,7,10-16H2. The molecule has 9 nitrogen and oxygen atoms in total. The van der Waals surface area contributed by atoms with E-state index >= 15 is 0 Å². The van der Waals surface area contributed by atoms with E-state index in [2.05, 4.69) is 59.2 Å². The van der Waals surface area contributed by atoms with Crippen LogP contribution in [0.5, 0.6) is 0 Å². The maximum atomic E-state index is 13.2. The van der Waals surface area contributed by atoms with Crippen molar-refractivity contribution in [2.75, 3.05) is 44.2 Å². The first kappa shape index (κ1) is 20.6. The van der Waals surface area contributed by atoms with Gasteiger partial charge in [0.2, 0.25) is 5.91 Å². The number of aromatic nitrogens is 5. The molecule has 2 fully saturated rings. The highest BCUT2D eigenvalue weighted by atomic mass is 16.2. The summed E-state index contributed by atoms with van der Waals surface area (Å²) >= 11 is 0. The molecule has 2 aliphatic heterocycles. The monoisotopic (exact) mass is 432 g/mol. The highest BCUT2D eigenvalue weighted by Crippen LogP contribution is 2.24. The summed E-state index contributed by atoms with van der Waals surface area (Å²) in [5.41, 5.74) is 1.33.